The van der Waals surface area contributed by atoms with Gasteiger partial charge in [0, 0.05) is 49.6 Å². The molecule has 8 heteroatoms. The first-order valence-corrected chi connectivity index (χ1v) is 8.90. The van der Waals surface area contributed by atoms with Crippen LogP contribution in [0.5, 0.6) is 0 Å². The summed E-state index contributed by atoms with van der Waals surface area (Å²) in [5, 5.41) is 7.91. The van der Waals surface area contributed by atoms with Crippen molar-refractivity contribution in [1.29, 1.82) is 0 Å². The highest BCUT2D eigenvalue weighted by Gasteiger charge is 2.40. The standard InChI is InChI=1S/C18H26N6O2/c1-6-12-7-15(25)21-14(20-12)9-19-13-8-16(26)23(4)18(13)17-10(2)22-24(5)11(17)3/h7,13,18-19H,6,8-9H2,1-5H3,(H,20,21,25)/t13-,18-/m1/s1. The summed E-state index contributed by atoms with van der Waals surface area (Å²) in [7, 11) is 3.74. The molecule has 1 fully saturated rings. The molecule has 2 atom stereocenters. The Bertz CT molecular complexity index is 884. The van der Waals surface area contributed by atoms with E-state index in [2.05, 4.69) is 20.4 Å². The number of aromatic nitrogens is 4. The molecule has 1 aliphatic rings. The maximum absolute atomic E-state index is 12.3. The fraction of sp³-hybridized carbons (Fsp3) is 0.556. The van der Waals surface area contributed by atoms with Gasteiger partial charge in [0.2, 0.25) is 5.91 Å². The van der Waals surface area contributed by atoms with Crippen molar-refractivity contribution in [2.24, 2.45) is 7.05 Å². The number of nitrogens with zero attached hydrogens (tertiary/aromatic N) is 4. The number of aromatic amines is 1. The van der Waals surface area contributed by atoms with Crippen molar-refractivity contribution >= 4 is 5.91 Å². The van der Waals surface area contributed by atoms with Gasteiger partial charge in [-0.25, -0.2) is 4.98 Å². The van der Waals surface area contributed by atoms with Crippen molar-refractivity contribution < 1.29 is 4.79 Å². The summed E-state index contributed by atoms with van der Waals surface area (Å²) >= 11 is 0. The molecule has 2 N–H and O–H groups in total. The van der Waals surface area contributed by atoms with E-state index in [9.17, 15) is 9.59 Å². The molecule has 0 bridgehead atoms. The molecule has 140 valence electrons. The number of likely N-dealkylation sites (tertiary alicyclic amines) is 1. The van der Waals surface area contributed by atoms with Gasteiger partial charge in [-0.15, -0.1) is 0 Å². The van der Waals surface area contributed by atoms with Crippen molar-refractivity contribution in [3.63, 3.8) is 0 Å². The number of nitrogens with one attached hydrogen (secondary N) is 2. The lowest BCUT2D eigenvalue weighted by molar-refractivity contribution is -0.127. The number of hydrogen-bond donors (Lipinski definition) is 2. The first-order chi connectivity index (χ1) is 12.3. The lowest BCUT2D eigenvalue weighted by Gasteiger charge is -2.26. The third-order valence-corrected chi connectivity index (χ3v) is 5.18. The minimum atomic E-state index is -0.149. The van der Waals surface area contributed by atoms with Crippen LogP contribution in [0.1, 0.15) is 47.9 Å². The Morgan fingerprint density at radius 2 is 2.04 bits per heavy atom. The molecule has 2 aromatic rings. The second-order valence-corrected chi connectivity index (χ2v) is 6.89. The molecule has 0 saturated carbocycles. The third-order valence-electron chi connectivity index (χ3n) is 5.18. The van der Waals surface area contributed by atoms with Crippen molar-refractivity contribution in [3.8, 4) is 0 Å². The van der Waals surface area contributed by atoms with Gasteiger partial charge in [-0.05, 0) is 20.3 Å². The number of rotatable bonds is 5. The predicted molar refractivity (Wildman–Crippen MR) is 97.7 cm³/mol. The summed E-state index contributed by atoms with van der Waals surface area (Å²) in [6.45, 7) is 6.36. The van der Waals surface area contributed by atoms with E-state index in [1.807, 2.05) is 39.5 Å². The average Bonchev–Trinajstić information content (AvgIpc) is 3.00. The Balaban J connectivity index is 1.85. The molecule has 0 radical (unpaired) electrons. The van der Waals surface area contributed by atoms with Gasteiger partial charge in [-0.3, -0.25) is 14.3 Å². The van der Waals surface area contributed by atoms with Crippen LogP contribution in [-0.4, -0.2) is 43.6 Å². The Hall–Kier alpha value is -2.48. The summed E-state index contributed by atoms with van der Waals surface area (Å²) in [6, 6.07) is 1.36. The van der Waals surface area contributed by atoms with Gasteiger partial charge in [0.15, 0.2) is 0 Å². The molecule has 3 heterocycles. The van der Waals surface area contributed by atoms with E-state index in [-0.39, 0.29) is 23.6 Å². The Kier molecular flexibility index (Phi) is 4.95. The van der Waals surface area contributed by atoms with Crippen molar-refractivity contribution in [2.45, 2.75) is 52.2 Å². The van der Waals surface area contributed by atoms with Crippen molar-refractivity contribution in [2.75, 3.05) is 7.05 Å². The highest BCUT2D eigenvalue weighted by Crippen LogP contribution is 2.35. The third kappa shape index (κ3) is 3.29. The molecule has 1 amide bonds. The molecule has 0 unspecified atom stereocenters. The fourth-order valence-electron chi connectivity index (χ4n) is 3.72. The zero-order chi connectivity index (χ0) is 19.0. The van der Waals surface area contributed by atoms with Crippen LogP contribution in [0, 0.1) is 13.8 Å². The largest absolute Gasteiger partial charge is 0.337 e. The molecular weight excluding hydrogens is 332 g/mol. The fourth-order valence-corrected chi connectivity index (χ4v) is 3.72. The van der Waals surface area contributed by atoms with Crippen LogP contribution in [0.15, 0.2) is 10.9 Å². The Morgan fingerprint density at radius 1 is 1.31 bits per heavy atom. The number of carbonyl (C=O) groups is 1. The Morgan fingerprint density at radius 3 is 2.65 bits per heavy atom. The molecule has 2 aromatic heterocycles. The zero-order valence-corrected chi connectivity index (χ0v) is 16.0. The smallest absolute Gasteiger partial charge is 0.251 e. The summed E-state index contributed by atoms with van der Waals surface area (Å²) in [5.41, 5.74) is 3.69. The number of amides is 1. The van der Waals surface area contributed by atoms with Gasteiger partial charge in [0.1, 0.15) is 5.82 Å². The molecule has 0 aliphatic carbocycles. The normalized spacial score (nSPS) is 20.2. The topological polar surface area (TPSA) is 95.9 Å². The molecule has 3 rings (SSSR count). The van der Waals surface area contributed by atoms with E-state index in [0.717, 1.165) is 22.6 Å². The number of H-pyrrole nitrogens is 1. The molecule has 0 aromatic carbocycles. The van der Waals surface area contributed by atoms with E-state index in [1.165, 1.54) is 6.07 Å². The minimum Gasteiger partial charge on any atom is -0.337 e. The quantitative estimate of drug-likeness (QED) is 0.822. The molecule has 0 spiro atoms. The van der Waals surface area contributed by atoms with Gasteiger partial charge in [-0.2, -0.15) is 5.10 Å². The Labute approximate surface area is 152 Å². The first kappa shape index (κ1) is 18.3. The van der Waals surface area contributed by atoms with Crippen LogP contribution >= 0.6 is 0 Å². The first-order valence-electron chi connectivity index (χ1n) is 8.90. The average molecular weight is 358 g/mol. The van der Waals surface area contributed by atoms with Crippen LogP contribution in [-0.2, 0) is 24.8 Å². The summed E-state index contributed by atoms with van der Waals surface area (Å²) in [5.74, 6) is 0.689. The number of aryl methyl sites for hydroxylation is 3. The van der Waals surface area contributed by atoms with E-state index < -0.39 is 0 Å². The number of hydrogen-bond acceptors (Lipinski definition) is 5. The highest BCUT2D eigenvalue weighted by atomic mass is 16.2. The molecular formula is C18H26N6O2. The zero-order valence-electron chi connectivity index (χ0n) is 16.0. The van der Waals surface area contributed by atoms with Crippen LogP contribution in [0.2, 0.25) is 0 Å². The van der Waals surface area contributed by atoms with Gasteiger partial charge in [0.25, 0.3) is 5.56 Å². The molecule has 1 aliphatic heterocycles. The summed E-state index contributed by atoms with van der Waals surface area (Å²) < 4.78 is 1.85. The molecule has 1 saturated heterocycles. The maximum atomic E-state index is 12.3. The van der Waals surface area contributed by atoms with Gasteiger partial charge in [-0.1, -0.05) is 6.92 Å². The van der Waals surface area contributed by atoms with Crippen LogP contribution < -0.4 is 10.9 Å². The van der Waals surface area contributed by atoms with Crippen molar-refractivity contribution in [1.82, 2.24) is 30.0 Å². The predicted octanol–water partition coefficient (Wildman–Crippen LogP) is 0.744. The molecule has 8 nitrogen and oxygen atoms in total. The lowest BCUT2D eigenvalue weighted by Crippen LogP contribution is -2.36. The minimum absolute atomic E-state index is 0.0651. The van der Waals surface area contributed by atoms with Crippen molar-refractivity contribution in [3.05, 3.63) is 44.9 Å². The second-order valence-electron chi connectivity index (χ2n) is 6.89. The number of carbonyl (C=O) groups excluding carboxylic acids is 1. The maximum Gasteiger partial charge on any atom is 0.251 e. The highest BCUT2D eigenvalue weighted by molar-refractivity contribution is 5.80. The van der Waals surface area contributed by atoms with Crippen LogP contribution in [0.25, 0.3) is 0 Å². The van der Waals surface area contributed by atoms with Gasteiger partial charge >= 0.3 is 0 Å². The van der Waals surface area contributed by atoms with E-state index in [0.29, 0.717) is 25.2 Å². The van der Waals surface area contributed by atoms with Crippen LogP contribution in [0.4, 0.5) is 0 Å². The van der Waals surface area contributed by atoms with Crippen LogP contribution in [0.3, 0.4) is 0 Å². The van der Waals surface area contributed by atoms with E-state index in [1.54, 1.807) is 4.90 Å². The van der Waals surface area contributed by atoms with Gasteiger partial charge in [0.05, 0.1) is 18.3 Å². The lowest BCUT2D eigenvalue weighted by atomic mass is 9.98. The SMILES string of the molecule is CCc1cc(=O)[nH]c(CN[C@@H]2CC(=O)N(C)[C@H]2c2c(C)nn(C)c2C)n1. The second kappa shape index (κ2) is 7.03. The van der Waals surface area contributed by atoms with E-state index in [4.69, 9.17) is 0 Å². The number of likely N-dealkylation sites (N-methyl/N-ethyl adjacent to an activating group) is 1. The molecule has 26 heavy (non-hydrogen) atoms. The monoisotopic (exact) mass is 358 g/mol. The summed E-state index contributed by atoms with van der Waals surface area (Å²) in [4.78, 5) is 33.1. The summed E-state index contributed by atoms with van der Waals surface area (Å²) in [6.07, 6.45) is 1.12. The van der Waals surface area contributed by atoms with E-state index >= 15 is 0 Å². The van der Waals surface area contributed by atoms with Gasteiger partial charge < -0.3 is 15.2 Å².